The Kier molecular flexibility index (Phi) is 6.48. The van der Waals surface area contributed by atoms with Gasteiger partial charge in [-0.25, -0.2) is 15.0 Å². The molecule has 0 bridgehead atoms. The fourth-order valence-corrected chi connectivity index (χ4v) is 2.38. The number of aliphatic hydroxyl groups is 2. The zero-order valence-corrected chi connectivity index (χ0v) is 14.6. The topological polar surface area (TPSA) is 103 Å². The van der Waals surface area contributed by atoms with Gasteiger partial charge in [-0.05, 0) is 17.7 Å². The van der Waals surface area contributed by atoms with E-state index in [0.29, 0.717) is 12.4 Å². The van der Waals surface area contributed by atoms with Crippen LogP contribution in [0.2, 0.25) is 0 Å². The maximum Gasteiger partial charge on any atom is 0.451 e. The van der Waals surface area contributed by atoms with Crippen LogP contribution in [-0.2, 0) is 18.5 Å². The molecule has 0 aliphatic carbocycles. The SMILES string of the molecule is N#CC(C(O)c1cnc(C(F)(F)F)nc1)C(O)c1cc(C(F)(F)F)nc(C(F)(F)F)c1. The molecule has 0 spiro atoms. The first-order chi connectivity index (χ1) is 14.1. The summed E-state index contributed by atoms with van der Waals surface area (Å²) in [6.45, 7) is 0. The standard InChI is InChI=1S/C16H9F9N4O2/c17-14(18,19)9-1-6(2-10(29-9)15(20,21)22)11(30)8(3-26)12(31)7-4-27-13(28-5-7)16(23,24)25/h1-2,4-5,8,11-12,30-31H. The van der Waals surface area contributed by atoms with Crippen molar-refractivity contribution in [1.29, 1.82) is 5.26 Å². The van der Waals surface area contributed by atoms with E-state index < -0.39 is 65.0 Å². The minimum atomic E-state index is -5.34. The number of aliphatic hydroxyl groups excluding tert-OH is 2. The summed E-state index contributed by atoms with van der Waals surface area (Å²) in [5.41, 5.74) is -5.62. The molecule has 0 aliphatic heterocycles. The summed E-state index contributed by atoms with van der Waals surface area (Å²) >= 11 is 0. The summed E-state index contributed by atoms with van der Waals surface area (Å²) in [7, 11) is 0. The molecule has 31 heavy (non-hydrogen) atoms. The molecule has 0 radical (unpaired) electrons. The zero-order chi connectivity index (χ0) is 23.8. The number of hydrogen-bond donors (Lipinski definition) is 2. The first kappa shape index (κ1) is 24.3. The molecule has 0 saturated carbocycles. The molecular formula is C16H9F9N4O2. The van der Waals surface area contributed by atoms with Crippen molar-refractivity contribution in [3.8, 4) is 6.07 Å². The van der Waals surface area contributed by atoms with Crippen LogP contribution in [-0.4, -0.2) is 25.2 Å². The van der Waals surface area contributed by atoms with Crippen LogP contribution < -0.4 is 0 Å². The van der Waals surface area contributed by atoms with Gasteiger partial charge in [0.2, 0.25) is 5.82 Å². The van der Waals surface area contributed by atoms with E-state index in [4.69, 9.17) is 0 Å². The maximum absolute atomic E-state index is 12.9. The van der Waals surface area contributed by atoms with Crippen molar-refractivity contribution in [2.75, 3.05) is 0 Å². The molecule has 6 nitrogen and oxygen atoms in total. The highest BCUT2D eigenvalue weighted by molar-refractivity contribution is 5.29. The molecule has 2 N–H and O–H groups in total. The Morgan fingerprint density at radius 3 is 1.52 bits per heavy atom. The van der Waals surface area contributed by atoms with E-state index in [9.17, 15) is 55.0 Å². The molecular weight excluding hydrogens is 451 g/mol. The molecule has 2 rings (SSSR count). The van der Waals surface area contributed by atoms with Gasteiger partial charge < -0.3 is 10.2 Å². The van der Waals surface area contributed by atoms with Gasteiger partial charge in [0.15, 0.2) is 0 Å². The van der Waals surface area contributed by atoms with Crippen molar-refractivity contribution >= 4 is 0 Å². The maximum atomic E-state index is 12.9. The molecule has 168 valence electrons. The van der Waals surface area contributed by atoms with Gasteiger partial charge in [-0.3, -0.25) is 0 Å². The Hall–Kier alpha value is -2.99. The first-order valence-electron chi connectivity index (χ1n) is 7.87. The fourth-order valence-electron chi connectivity index (χ4n) is 2.38. The minimum Gasteiger partial charge on any atom is -0.387 e. The zero-order valence-electron chi connectivity index (χ0n) is 14.6. The smallest absolute Gasteiger partial charge is 0.387 e. The number of nitrogens with zero attached hydrogens (tertiary/aromatic N) is 4. The van der Waals surface area contributed by atoms with E-state index in [1.54, 1.807) is 0 Å². The highest BCUT2D eigenvalue weighted by Crippen LogP contribution is 2.38. The van der Waals surface area contributed by atoms with Crippen LogP contribution in [0.15, 0.2) is 24.5 Å². The predicted octanol–water partition coefficient (Wildman–Crippen LogP) is 3.83. The Labute approximate surface area is 166 Å². The molecule has 3 atom stereocenters. The average Bonchev–Trinajstić information content (AvgIpc) is 2.66. The summed E-state index contributed by atoms with van der Waals surface area (Å²) in [5, 5.41) is 29.6. The summed E-state index contributed by atoms with van der Waals surface area (Å²) in [6.07, 6.45) is -19.3. The molecule has 0 aromatic carbocycles. The average molecular weight is 460 g/mol. The predicted molar refractivity (Wildman–Crippen MR) is 80.3 cm³/mol. The Balaban J connectivity index is 2.45. The summed E-state index contributed by atoms with van der Waals surface area (Å²) in [5.74, 6) is -3.69. The highest BCUT2D eigenvalue weighted by atomic mass is 19.4. The molecule has 2 aromatic rings. The number of rotatable bonds is 4. The van der Waals surface area contributed by atoms with Gasteiger partial charge in [0.05, 0.1) is 12.2 Å². The monoisotopic (exact) mass is 460 g/mol. The third-order valence-corrected chi connectivity index (χ3v) is 3.87. The Morgan fingerprint density at radius 2 is 1.16 bits per heavy atom. The van der Waals surface area contributed by atoms with Gasteiger partial charge in [-0.1, -0.05) is 0 Å². The van der Waals surface area contributed by atoms with E-state index in [2.05, 4.69) is 15.0 Å². The van der Waals surface area contributed by atoms with Gasteiger partial charge in [0, 0.05) is 18.0 Å². The lowest BCUT2D eigenvalue weighted by molar-refractivity contribution is -0.150. The van der Waals surface area contributed by atoms with Crippen molar-refractivity contribution in [2.45, 2.75) is 30.7 Å². The largest absolute Gasteiger partial charge is 0.451 e. The lowest BCUT2D eigenvalue weighted by Gasteiger charge is -2.23. The van der Waals surface area contributed by atoms with E-state index in [1.807, 2.05) is 0 Å². The number of hydrogen-bond acceptors (Lipinski definition) is 6. The number of alkyl halides is 9. The second-order valence-electron chi connectivity index (χ2n) is 6.05. The number of pyridine rings is 1. The van der Waals surface area contributed by atoms with Crippen molar-refractivity contribution in [1.82, 2.24) is 15.0 Å². The molecule has 0 amide bonds. The molecule has 15 heteroatoms. The van der Waals surface area contributed by atoms with Crippen molar-refractivity contribution in [3.05, 3.63) is 52.9 Å². The van der Waals surface area contributed by atoms with Crippen LogP contribution in [0.1, 0.15) is 40.5 Å². The van der Waals surface area contributed by atoms with Gasteiger partial charge in [0.1, 0.15) is 23.4 Å². The van der Waals surface area contributed by atoms with Crippen molar-refractivity contribution in [3.63, 3.8) is 0 Å². The third kappa shape index (κ3) is 5.58. The molecule has 0 saturated heterocycles. The van der Waals surface area contributed by atoms with Crippen LogP contribution in [0.4, 0.5) is 39.5 Å². The van der Waals surface area contributed by atoms with Gasteiger partial charge >= 0.3 is 18.5 Å². The number of halogens is 9. The summed E-state index contributed by atoms with van der Waals surface area (Å²) < 4.78 is 115. The lowest BCUT2D eigenvalue weighted by Crippen LogP contribution is -2.22. The van der Waals surface area contributed by atoms with E-state index >= 15 is 0 Å². The van der Waals surface area contributed by atoms with Crippen LogP contribution in [0, 0.1) is 17.2 Å². The normalized spacial score (nSPS) is 15.8. The van der Waals surface area contributed by atoms with Crippen LogP contribution >= 0.6 is 0 Å². The van der Waals surface area contributed by atoms with Crippen molar-refractivity contribution < 1.29 is 49.7 Å². The summed E-state index contributed by atoms with van der Waals surface area (Å²) in [4.78, 5) is 8.28. The van der Waals surface area contributed by atoms with E-state index in [-0.39, 0.29) is 12.1 Å². The number of aromatic nitrogens is 3. The first-order valence-corrected chi connectivity index (χ1v) is 7.87. The number of nitriles is 1. The summed E-state index contributed by atoms with van der Waals surface area (Å²) in [6, 6.07) is 1.41. The third-order valence-electron chi connectivity index (χ3n) is 3.87. The second kappa shape index (κ2) is 8.27. The second-order valence-corrected chi connectivity index (χ2v) is 6.05. The Bertz CT molecular complexity index is 933. The van der Waals surface area contributed by atoms with Crippen LogP contribution in [0.5, 0.6) is 0 Å². The fraction of sp³-hybridized carbons (Fsp3) is 0.375. The van der Waals surface area contributed by atoms with Crippen LogP contribution in [0.25, 0.3) is 0 Å². The quantitative estimate of drug-likeness (QED) is 0.673. The van der Waals surface area contributed by atoms with Crippen LogP contribution in [0.3, 0.4) is 0 Å². The highest BCUT2D eigenvalue weighted by Gasteiger charge is 2.41. The molecule has 2 aromatic heterocycles. The Morgan fingerprint density at radius 1 is 0.742 bits per heavy atom. The van der Waals surface area contributed by atoms with Gasteiger partial charge in [-0.15, -0.1) is 0 Å². The van der Waals surface area contributed by atoms with Gasteiger partial charge in [-0.2, -0.15) is 44.8 Å². The molecule has 3 unspecified atom stereocenters. The molecule has 2 heterocycles. The van der Waals surface area contributed by atoms with E-state index in [1.165, 1.54) is 6.07 Å². The molecule has 0 fully saturated rings. The van der Waals surface area contributed by atoms with Gasteiger partial charge in [0.25, 0.3) is 0 Å². The van der Waals surface area contributed by atoms with Crippen molar-refractivity contribution in [2.24, 2.45) is 5.92 Å². The molecule has 0 aliphatic rings. The lowest BCUT2D eigenvalue weighted by atomic mass is 9.89. The van der Waals surface area contributed by atoms with E-state index in [0.717, 1.165) is 0 Å². The minimum absolute atomic E-state index is 0.0558.